The van der Waals surface area contributed by atoms with Crippen LogP contribution in [0.25, 0.3) is 0 Å². The van der Waals surface area contributed by atoms with Gasteiger partial charge in [-0.3, -0.25) is 14.5 Å². The van der Waals surface area contributed by atoms with Gasteiger partial charge in [0, 0.05) is 9.65 Å². The number of nitrogens with zero attached hydrogens (tertiary/aromatic N) is 1. The second-order valence-corrected chi connectivity index (χ2v) is 10.2. The Balaban J connectivity index is 1.33. The van der Waals surface area contributed by atoms with Gasteiger partial charge in [0.05, 0.1) is 30.2 Å². The molecule has 0 aromatic heterocycles. The summed E-state index contributed by atoms with van der Waals surface area (Å²) in [6.07, 6.45) is 0.894. The SMILES string of the molecule is COc1cccc(C(=O)Oc2ccc(N3C(=O)[C@H]4[C@@H]5C[C@H]([C@@H](Br)[C@H]5Br)[C@@H]4C3=O)cc2)c1. The number of ether oxygens (including phenoxy) is 2. The van der Waals surface area contributed by atoms with E-state index in [1.54, 1.807) is 48.5 Å². The van der Waals surface area contributed by atoms with E-state index >= 15 is 0 Å². The summed E-state index contributed by atoms with van der Waals surface area (Å²) in [6.45, 7) is 0. The number of fused-ring (bicyclic) bond motifs is 5. The fourth-order valence-corrected chi connectivity index (χ4v) is 7.06. The predicted octanol–water partition coefficient (Wildman–Crippen LogP) is 4.20. The Hall–Kier alpha value is -2.19. The minimum Gasteiger partial charge on any atom is -0.497 e. The van der Waals surface area contributed by atoms with Crippen LogP contribution in [0.15, 0.2) is 48.5 Å². The third-order valence-electron chi connectivity index (χ3n) is 6.60. The molecule has 5 rings (SSSR count). The van der Waals surface area contributed by atoms with Gasteiger partial charge in [0.2, 0.25) is 11.8 Å². The van der Waals surface area contributed by atoms with Crippen LogP contribution in [0.5, 0.6) is 11.5 Å². The third-order valence-corrected chi connectivity index (χ3v) is 9.80. The van der Waals surface area contributed by atoms with Crippen LogP contribution >= 0.6 is 31.9 Å². The lowest BCUT2D eigenvalue weighted by Gasteiger charge is -2.28. The van der Waals surface area contributed by atoms with Crippen LogP contribution in [0.4, 0.5) is 5.69 Å². The van der Waals surface area contributed by atoms with Crippen molar-refractivity contribution in [3.05, 3.63) is 54.1 Å². The van der Waals surface area contributed by atoms with Crippen LogP contribution in [-0.4, -0.2) is 34.5 Å². The number of carbonyl (C=O) groups excluding carboxylic acids is 3. The summed E-state index contributed by atoms with van der Waals surface area (Å²) in [6, 6.07) is 13.2. The molecule has 1 saturated heterocycles. The predicted molar refractivity (Wildman–Crippen MR) is 121 cm³/mol. The van der Waals surface area contributed by atoms with Gasteiger partial charge in [0.25, 0.3) is 0 Å². The first-order chi connectivity index (χ1) is 14.9. The van der Waals surface area contributed by atoms with E-state index in [4.69, 9.17) is 9.47 Å². The second kappa shape index (κ2) is 7.74. The molecule has 0 spiro atoms. The highest BCUT2D eigenvalue weighted by Gasteiger charge is 2.66. The average molecular weight is 549 g/mol. The maximum absolute atomic E-state index is 13.1. The molecule has 8 heteroatoms. The lowest BCUT2D eigenvalue weighted by molar-refractivity contribution is -0.123. The van der Waals surface area contributed by atoms with Crippen molar-refractivity contribution in [2.24, 2.45) is 23.7 Å². The standard InChI is InChI=1S/C23H19Br2NO5/c1-30-14-4-2-3-11(9-14)23(29)31-13-7-5-12(6-8-13)26-21(27)17-15-10-16(18(17)22(26)28)20(25)19(15)24/h2-9,15-20H,10H2,1H3/t15-,16-,17-,18-,19-,20+/m0/s1. The lowest BCUT2D eigenvalue weighted by Crippen LogP contribution is -2.37. The van der Waals surface area contributed by atoms with Crippen LogP contribution in [0.3, 0.4) is 0 Å². The Morgan fingerprint density at radius 1 is 0.935 bits per heavy atom. The monoisotopic (exact) mass is 547 g/mol. The highest BCUT2D eigenvalue weighted by atomic mass is 79.9. The number of carbonyl (C=O) groups is 3. The Labute approximate surface area is 196 Å². The lowest BCUT2D eigenvalue weighted by atomic mass is 9.81. The highest BCUT2D eigenvalue weighted by Crippen LogP contribution is 2.60. The zero-order valence-electron chi connectivity index (χ0n) is 16.5. The number of benzene rings is 2. The topological polar surface area (TPSA) is 72.9 Å². The van der Waals surface area contributed by atoms with Gasteiger partial charge in [-0.05, 0) is 60.7 Å². The number of esters is 1. The van der Waals surface area contributed by atoms with Gasteiger partial charge in [0.1, 0.15) is 11.5 Å². The van der Waals surface area contributed by atoms with Crippen molar-refractivity contribution in [3.63, 3.8) is 0 Å². The molecule has 0 radical (unpaired) electrons. The zero-order chi connectivity index (χ0) is 21.9. The van der Waals surface area contributed by atoms with Crippen molar-refractivity contribution in [1.29, 1.82) is 0 Å². The van der Waals surface area contributed by atoms with Gasteiger partial charge >= 0.3 is 5.97 Å². The van der Waals surface area contributed by atoms with Crippen molar-refractivity contribution < 1.29 is 23.9 Å². The molecule has 1 aliphatic heterocycles. The first-order valence-corrected chi connectivity index (χ1v) is 11.9. The van der Waals surface area contributed by atoms with E-state index in [-0.39, 0.29) is 45.1 Å². The van der Waals surface area contributed by atoms with E-state index < -0.39 is 5.97 Å². The van der Waals surface area contributed by atoms with E-state index in [1.807, 2.05) is 0 Å². The summed E-state index contributed by atoms with van der Waals surface area (Å²) in [7, 11) is 1.53. The van der Waals surface area contributed by atoms with Crippen LogP contribution in [0.1, 0.15) is 16.8 Å². The van der Waals surface area contributed by atoms with Crippen LogP contribution in [-0.2, 0) is 9.59 Å². The van der Waals surface area contributed by atoms with Gasteiger partial charge < -0.3 is 9.47 Å². The normalized spacial score (nSPS) is 31.1. The van der Waals surface area contributed by atoms with E-state index in [9.17, 15) is 14.4 Å². The van der Waals surface area contributed by atoms with Gasteiger partial charge in [-0.2, -0.15) is 0 Å². The van der Waals surface area contributed by atoms with Crippen LogP contribution in [0.2, 0.25) is 0 Å². The molecule has 6 nitrogen and oxygen atoms in total. The first-order valence-electron chi connectivity index (χ1n) is 10.0. The molecular weight excluding hydrogens is 530 g/mol. The Morgan fingerprint density at radius 3 is 2.13 bits per heavy atom. The van der Waals surface area contributed by atoms with E-state index in [0.29, 0.717) is 22.7 Å². The van der Waals surface area contributed by atoms with Gasteiger partial charge in [0.15, 0.2) is 0 Å². The molecule has 3 fully saturated rings. The van der Waals surface area contributed by atoms with Crippen molar-refractivity contribution in [2.45, 2.75) is 16.1 Å². The molecular formula is C23H19Br2NO5. The minimum absolute atomic E-state index is 0.132. The molecule has 6 atom stereocenters. The Morgan fingerprint density at radius 2 is 1.55 bits per heavy atom. The number of rotatable bonds is 4. The minimum atomic E-state index is -0.516. The largest absolute Gasteiger partial charge is 0.497 e. The number of anilines is 1. The molecule has 2 bridgehead atoms. The van der Waals surface area contributed by atoms with Crippen molar-refractivity contribution >= 4 is 55.3 Å². The maximum atomic E-state index is 13.1. The van der Waals surface area contributed by atoms with Crippen molar-refractivity contribution in [1.82, 2.24) is 0 Å². The first kappa shape index (κ1) is 20.7. The summed E-state index contributed by atoms with van der Waals surface area (Å²) in [5.74, 6) is -0.0724. The number of alkyl halides is 2. The number of methoxy groups -OCH3 is 1. The zero-order valence-corrected chi connectivity index (χ0v) is 19.7. The van der Waals surface area contributed by atoms with Gasteiger partial charge in [-0.1, -0.05) is 37.9 Å². The van der Waals surface area contributed by atoms with Crippen molar-refractivity contribution in [2.75, 3.05) is 12.0 Å². The molecule has 2 aromatic carbocycles. The molecule has 2 amide bonds. The Bertz CT molecular complexity index is 1040. The summed E-state index contributed by atoms with van der Waals surface area (Å²) < 4.78 is 10.6. The molecule has 1 heterocycles. The summed E-state index contributed by atoms with van der Waals surface area (Å²) >= 11 is 7.39. The summed E-state index contributed by atoms with van der Waals surface area (Å²) in [4.78, 5) is 40.3. The molecule has 31 heavy (non-hydrogen) atoms. The Kier molecular flexibility index (Phi) is 5.17. The molecule has 2 saturated carbocycles. The van der Waals surface area contributed by atoms with Gasteiger partial charge in [-0.25, -0.2) is 4.79 Å². The number of imide groups is 1. The highest BCUT2D eigenvalue weighted by molar-refractivity contribution is 9.12. The molecule has 2 aliphatic carbocycles. The number of hydrogen-bond acceptors (Lipinski definition) is 5. The van der Waals surface area contributed by atoms with E-state index in [0.717, 1.165) is 6.42 Å². The van der Waals surface area contributed by atoms with Crippen LogP contribution in [0, 0.1) is 23.7 Å². The third kappa shape index (κ3) is 3.22. The second-order valence-electron chi connectivity index (χ2n) is 8.13. The average Bonchev–Trinajstić information content (AvgIpc) is 3.39. The summed E-state index contributed by atoms with van der Waals surface area (Å²) in [5.41, 5.74) is 0.868. The van der Waals surface area contributed by atoms with Crippen molar-refractivity contribution in [3.8, 4) is 11.5 Å². The molecule has 2 aromatic rings. The number of halogens is 2. The number of hydrogen-bond donors (Lipinski definition) is 0. The van der Waals surface area contributed by atoms with E-state index in [1.165, 1.54) is 12.0 Å². The molecule has 0 unspecified atom stereocenters. The maximum Gasteiger partial charge on any atom is 0.343 e. The smallest absolute Gasteiger partial charge is 0.343 e. The molecule has 0 N–H and O–H groups in total. The quantitative estimate of drug-likeness (QED) is 0.248. The molecule has 160 valence electrons. The molecule has 3 aliphatic rings. The fraction of sp³-hybridized carbons (Fsp3) is 0.348. The van der Waals surface area contributed by atoms with E-state index in [2.05, 4.69) is 31.9 Å². The summed E-state index contributed by atoms with van der Waals surface area (Å²) in [5, 5.41) is 0. The van der Waals surface area contributed by atoms with Crippen LogP contribution < -0.4 is 14.4 Å². The van der Waals surface area contributed by atoms with Gasteiger partial charge in [-0.15, -0.1) is 0 Å². The number of amides is 2. The fourth-order valence-electron chi connectivity index (χ4n) is 5.18.